The number of ether oxygens (including phenoxy) is 2. The molecule has 0 aliphatic carbocycles. The summed E-state index contributed by atoms with van der Waals surface area (Å²) in [5.74, 6) is -0.575. The molecule has 21 heavy (non-hydrogen) atoms. The van der Waals surface area contributed by atoms with Crippen molar-refractivity contribution in [3.05, 3.63) is 11.0 Å². The second-order valence-electron chi connectivity index (χ2n) is 5.58. The number of alkyl carbamates (subject to hydrolysis) is 1. The van der Waals surface area contributed by atoms with Gasteiger partial charge in [-0.2, -0.15) is 0 Å². The second kappa shape index (κ2) is 7.44. The highest BCUT2D eigenvalue weighted by Gasteiger charge is 2.21. The number of methoxy groups -OCH3 is 1. The number of amides is 1. The van der Waals surface area contributed by atoms with Gasteiger partial charge in [-0.3, -0.25) is 4.79 Å². The Labute approximate surface area is 125 Å². The van der Waals surface area contributed by atoms with E-state index in [1.165, 1.54) is 20.1 Å². The smallest absolute Gasteiger partial charge is 0.408 e. The molecule has 0 saturated heterocycles. The van der Waals surface area contributed by atoms with Gasteiger partial charge in [-0.25, -0.2) is 13.2 Å². The van der Waals surface area contributed by atoms with Crippen molar-refractivity contribution in [1.29, 1.82) is 0 Å². The first-order valence-electron chi connectivity index (χ1n) is 6.30. The van der Waals surface area contributed by atoms with Crippen LogP contribution in [0.3, 0.4) is 0 Å². The molecule has 0 aromatic heterocycles. The van der Waals surface area contributed by atoms with Crippen molar-refractivity contribution in [3.63, 3.8) is 0 Å². The Morgan fingerprint density at radius 3 is 2.19 bits per heavy atom. The lowest BCUT2D eigenvalue weighted by Gasteiger charge is -2.22. The number of rotatable bonds is 5. The number of hydrogen-bond acceptors (Lipinski definition) is 6. The molecular formula is C13H23NO6S. The predicted molar refractivity (Wildman–Crippen MR) is 78.4 cm³/mol. The van der Waals surface area contributed by atoms with Crippen LogP contribution in [0.1, 0.15) is 34.1 Å². The van der Waals surface area contributed by atoms with Crippen molar-refractivity contribution < 1.29 is 27.5 Å². The zero-order valence-corrected chi connectivity index (χ0v) is 14.0. The third-order valence-electron chi connectivity index (χ3n) is 2.34. The Morgan fingerprint density at radius 1 is 1.29 bits per heavy atom. The molecule has 0 radical (unpaired) electrons. The maximum atomic E-state index is 11.7. The molecule has 0 aromatic rings. The van der Waals surface area contributed by atoms with Crippen LogP contribution in [-0.2, 0) is 24.1 Å². The molecule has 1 atom stereocenters. The Balaban J connectivity index is 5.08. The Bertz CT molecular complexity index is 515. The van der Waals surface area contributed by atoms with Gasteiger partial charge in [-0.15, -0.1) is 0 Å². The molecule has 0 spiro atoms. The Kier molecular flexibility index (Phi) is 6.89. The third kappa shape index (κ3) is 9.06. The molecule has 7 nitrogen and oxygen atoms in total. The van der Waals surface area contributed by atoms with Crippen LogP contribution < -0.4 is 5.32 Å². The first-order valence-corrected chi connectivity index (χ1v) is 8.19. The highest BCUT2D eigenvalue weighted by atomic mass is 32.2. The van der Waals surface area contributed by atoms with E-state index in [9.17, 15) is 18.0 Å². The molecule has 0 bridgehead atoms. The number of esters is 1. The average molecular weight is 321 g/mol. The summed E-state index contributed by atoms with van der Waals surface area (Å²) in [6, 6.07) is -0.831. The second-order valence-corrected chi connectivity index (χ2v) is 7.77. The van der Waals surface area contributed by atoms with Crippen LogP contribution in [0.25, 0.3) is 0 Å². The van der Waals surface area contributed by atoms with Gasteiger partial charge in [0.1, 0.15) is 5.60 Å². The van der Waals surface area contributed by atoms with Gasteiger partial charge in [0.25, 0.3) is 0 Å². The lowest BCUT2D eigenvalue weighted by molar-refractivity contribution is -0.140. The SMILES string of the molecule is COC(=O)CC(C=C(C)S(C)(=O)=O)NC(=O)OC(C)(C)C. The molecule has 0 rings (SSSR count). The molecule has 0 saturated carbocycles. The van der Waals surface area contributed by atoms with Crippen LogP contribution in [0.4, 0.5) is 4.79 Å². The van der Waals surface area contributed by atoms with E-state index < -0.39 is 33.5 Å². The van der Waals surface area contributed by atoms with Gasteiger partial charge in [-0.1, -0.05) is 0 Å². The van der Waals surface area contributed by atoms with E-state index in [0.29, 0.717) is 0 Å². The molecule has 0 aromatic carbocycles. The van der Waals surface area contributed by atoms with Crippen molar-refractivity contribution in [3.8, 4) is 0 Å². The summed E-state index contributed by atoms with van der Waals surface area (Å²) in [5.41, 5.74) is -0.699. The molecule has 0 fully saturated rings. The van der Waals surface area contributed by atoms with E-state index in [4.69, 9.17) is 4.74 Å². The van der Waals surface area contributed by atoms with E-state index in [1.54, 1.807) is 20.8 Å². The molecule has 0 aliphatic heterocycles. The number of allylic oxidation sites excluding steroid dienone is 1. The number of nitrogens with one attached hydrogen (secondary N) is 1. The minimum Gasteiger partial charge on any atom is -0.469 e. The molecule has 0 aliphatic rings. The summed E-state index contributed by atoms with van der Waals surface area (Å²) >= 11 is 0. The van der Waals surface area contributed by atoms with Crippen molar-refractivity contribution >= 4 is 21.9 Å². The molecule has 8 heteroatoms. The molecule has 1 unspecified atom stereocenters. The topological polar surface area (TPSA) is 98.8 Å². The summed E-state index contributed by atoms with van der Waals surface area (Å²) in [6.07, 6.45) is 1.40. The predicted octanol–water partition coefficient (Wildman–Crippen LogP) is 1.39. The molecule has 0 heterocycles. The fourth-order valence-electron chi connectivity index (χ4n) is 1.28. The Hall–Kier alpha value is -1.57. The fraction of sp³-hybridized carbons (Fsp3) is 0.692. The van der Waals surface area contributed by atoms with E-state index in [0.717, 1.165) is 6.26 Å². The summed E-state index contributed by atoms with van der Waals surface area (Å²) < 4.78 is 32.4. The normalized spacial score (nSPS) is 14.3. The standard InChI is InChI=1S/C13H23NO6S/c1-9(21(6,17)18)7-10(8-11(15)19-5)14-12(16)20-13(2,3)4/h7,10H,8H2,1-6H3,(H,14,16). The quantitative estimate of drug-likeness (QED) is 0.768. The summed E-state index contributed by atoms with van der Waals surface area (Å²) in [5, 5.41) is 2.44. The van der Waals surface area contributed by atoms with Gasteiger partial charge in [0, 0.05) is 11.2 Å². The van der Waals surface area contributed by atoms with Crippen LogP contribution in [0.5, 0.6) is 0 Å². The van der Waals surface area contributed by atoms with E-state index in [2.05, 4.69) is 10.1 Å². The average Bonchev–Trinajstić information content (AvgIpc) is 2.24. The zero-order chi connectivity index (χ0) is 16.8. The zero-order valence-electron chi connectivity index (χ0n) is 13.2. The first-order chi connectivity index (χ1) is 9.35. The number of sulfone groups is 1. The molecule has 1 N–H and O–H groups in total. The highest BCUT2D eigenvalue weighted by Crippen LogP contribution is 2.10. The van der Waals surface area contributed by atoms with E-state index >= 15 is 0 Å². The monoisotopic (exact) mass is 321 g/mol. The van der Waals surface area contributed by atoms with Gasteiger partial charge in [0.2, 0.25) is 0 Å². The first kappa shape index (κ1) is 19.4. The van der Waals surface area contributed by atoms with Crippen LogP contribution in [0.15, 0.2) is 11.0 Å². The maximum absolute atomic E-state index is 11.7. The molecular weight excluding hydrogens is 298 g/mol. The van der Waals surface area contributed by atoms with Gasteiger partial charge in [0.15, 0.2) is 9.84 Å². The van der Waals surface area contributed by atoms with Gasteiger partial charge in [0.05, 0.1) is 19.6 Å². The minimum atomic E-state index is -3.39. The van der Waals surface area contributed by atoms with E-state index in [1.807, 2.05) is 0 Å². The molecule has 1 amide bonds. The van der Waals surface area contributed by atoms with Crippen molar-refractivity contribution in [2.45, 2.75) is 45.8 Å². The van der Waals surface area contributed by atoms with Crippen molar-refractivity contribution in [2.75, 3.05) is 13.4 Å². The van der Waals surface area contributed by atoms with Gasteiger partial charge in [-0.05, 0) is 33.8 Å². The van der Waals surface area contributed by atoms with E-state index in [-0.39, 0.29) is 11.3 Å². The van der Waals surface area contributed by atoms with Crippen LogP contribution in [-0.4, -0.2) is 45.5 Å². The van der Waals surface area contributed by atoms with Crippen LogP contribution in [0, 0.1) is 0 Å². The lowest BCUT2D eigenvalue weighted by Crippen LogP contribution is -2.39. The van der Waals surface area contributed by atoms with Crippen molar-refractivity contribution in [2.24, 2.45) is 0 Å². The third-order valence-corrected chi connectivity index (χ3v) is 3.64. The Morgan fingerprint density at radius 2 is 1.81 bits per heavy atom. The number of hydrogen-bond donors (Lipinski definition) is 1. The largest absolute Gasteiger partial charge is 0.469 e. The summed E-state index contributed by atoms with van der Waals surface area (Å²) in [6.45, 7) is 6.47. The molecule has 122 valence electrons. The van der Waals surface area contributed by atoms with Crippen LogP contribution in [0.2, 0.25) is 0 Å². The summed E-state index contributed by atoms with van der Waals surface area (Å²) in [4.78, 5) is 23.1. The van der Waals surface area contributed by atoms with Crippen molar-refractivity contribution in [1.82, 2.24) is 5.32 Å². The van der Waals surface area contributed by atoms with Gasteiger partial charge >= 0.3 is 12.1 Å². The fourth-order valence-corrected chi connectivity index (χ4v) is 1.69. The van der Waals surface area contributed by atoms with Gasteiger partial charge < -0.3 is 14.8 Å². The maximum Gasteiger partial charge on any atom is 0.408 e. The highest BCUT2D eigenvalue weighted by molar-refractivity contribution is 7.94. The minimum absolute atomic E-state index is 0.0486. The van der Waals surface area contributed by atoms with Crippen LogP contribution >= 0.6 is 0 Å². The number of carbonyl (C=O) groups excluding carboxylic acids is 2. The number of carbonyl (C=O) groups is 2. The lowest BCUT2D eigenvalue weighted by atomic mass is 10.2. The summed E-state index contributed by atoms with van der Waals surface area (Å²) in [7, 11) is -2.19.